The van der Waals surface area contributed by atoms with Gasteiger partial charge in [-0.3, -0.25) is 4.90 Å². The quantitative estimate of drug-likeness (QED) is 0.867. The van der Waals surface area contributed by atoms with Gasteiger partial charge in [0.05, 0.1) is 0 Å². The number of benzene rings is 1. The molecular formula is C16H24Cl2N2. The Hall–Kier alpha value is -0.280. The van der Waals surface area contributed by atoms with Gasteiger partial charge in [0.1, 0.15) is 0 Å². The van der Waals surface area contributed by atoms with Crippen LogP contribution in [0.15, 0.2) is 18.2 Å². The van der Waals surface area contributed by atoms with Crippen LogP contribution in [0.1, 0.15) is 38.3 Å². The molecule has 0 aliphatic carbocycles. The minimum atomic E-state index is 0.407. The molecule has 0 radical (unpaired) electrons. The van der Waals surface area contributed by atoms with Crippen LogP contribution in [0.25, 0.3) is 0 Å². The third-order valence-electron chi connectivity index (χ3n) is 3.93. The molecule has 2 rings (SSSR count). The monoisotopic (exact) mass is 314 g/mol. The fourth-order valence-electron chi connectivity index (χ4n) is 2.79. The van der Waals surface area contributed by atoms with E-state index in [-0.39, 0.29) is 0 Å². The van der Waals surface area contributed by atoms with Crippen LogP contribution in [0.2, 0.25) is 10.0 Å². The van der Waals surface area contributed by atoms with E-state index >= 15 is 0 Å². The number of hydrogen-bond acceptors (Lipinski definition) is 2. The lowest BCUT2D eigenvalue weighted by atomic mass is 9.95. The van der Waals surface area contributed by atoms with Crippen LogP contribution in [-0.2, 0) is 0 Å². The zero-order valence-electron chi connectivity index (χ0n) is 12.3. The van der Waals surface area contributed by atoms with Crippen LogP contribution in [0, 0.1) is 5.92 Å². The van der Waals surface area contributed by atoms with Crippen LogP contribution in [-0.4, -0.2) is 31.1 Å². The molecule has 1 atom stereocenters. The van der Waals surface area contributed by atoms with Crippen LogP contribution in [0.5, 0.6) is 0 Å². The van der Waals surface area contributed by atoms with Gasteiger partial charge in [-0.2, -0.15) is 0 Å². The molecule has 1 aromatic carbocycles. The van der Waals surface area contributed by atoms with Gasteiger partial charge in [-0.15, -0.1) is 0 Å². The molecule has 0 spiro atoms. The molecule has 20 heavy (non-hydrogen) atoms. The molecule has 4 heteroatoms. The molecule has 0 aromatic heterocycles. The minimum Gasteiger partial charge on any atom is -0.314 e. The van der Waals surface area contributed by atoms with Crippen molar-refractivity contribution in [3.05, 3.63) is 33.8 Å². The number of nitrogens with one attached hydrogen (secondary N) is 1. The molecule has 1 heterocycles. The third kappa shape index (κ3) is 4.36. The lowest BCUT2D eigenvalue weighted by molar-refractivity contribution is 0.160. The second-order valence-electron chi connectivity index (χ2n) is 5.94. The van der Waals surface area contributed by atoms with Crippen molar-refractivity contribution in [3.63, 3.8) is 0 Å². The van der Waals surface area contributed by atoms with Gasteiger partial charge in [-0.1, -0.05) is 43.1 Å². The van der Waals surface area contributed by atoms with Crippen molar-refractivity contribution < 1.29 is 0 Å². The Bertz CT molecular complexity index is 428. The summed E-state index contributed by atoms with van der Waals surface area (Å²) in [5, 5.41) is 4.92. The zero-order chi connectivity index (χ0) is 14.5. The van der Waals surface area contributed by atoms with E-state index in [1.165, 1.54) is 12.0 Å². The summed E-state index contributed by atoms with van der Waals surface area (Å²) >= 11 is 12.5. The first-order chi connectivity index (χ1) is 9.58. The first-order valence-corrected chi connectivity index (χ1v) is 8.23. The van der Waals surface area contributed by atoms with E-state index in [2.05, 4.69) is 30.1 Å². The standard InChI is InChI=1S/C16H24Cl2N2/c1-12(2)3-6-16(20-9-7-19-8-10-20)14-5-4-13(17)11-15(14)18/h4-5,11-12,16,19H,3,6-10H2,1-2H3/t16-/m1/s1. The van der Waals surface area contributed by atoms with Gasteiger partial charge in [0, 0.05) is 42.3 Å². The lowest BCUT2D eigenvalue weighted by Crippen LogP contribution is -2.45. The van der Waals surface area contributed by atoms with E-state index in [0.29, 0.717) is 17.0 Å². The van der Waals surface area contributed by atoms with Gasteiger partial charge in [0.15, 0.2) is 0 Å². The molecule has 1 saturated heterocycles. The number of halogens is 2. The van der Waals surface area contributed by atoms with Crippen molar-refractivity contribution >= 4 is 23.2 Å². The van der Waals surface area contributed by atoms with Crippen LogP contribution in [0.3, 0.4) is 0 Å². The highest BCUT2D eigenvalue weighted by molar-refractivity contribution is 6.35. The van der Waals surface area contributed by atoms with E-state index < -0.39 is 0 Å². The molecule has 112 valence electrons. The summed E-state index contributed by atoms with van der Waals surface area (Å²) in [6.07, 6.45) is 2.37. The Morgan fingerprint density at radius 1 is 1.15 bits per heavy atom. The molecule has 0 saturated carbocycles. The SMILES string of the molecule is CC(C)CC[C@H](c1ccc(Cl)cc1Cl)N1CCNCC1. The predicted octanol–water partition coefficient (Wildman–Crippen LogP) is 4.38. The summed E-state index contributed by atoms with van der Waals surface area (Å²) in [5.41, 5.74) is 1.22. The lowest BCUT2D eigenvalue weighted by Gasteiger charge is -2.36. The Labute approximate surface area is 132 Å². The smallest absolute Gasteiger partial charge is 0.0468 e. The minimum absolute atomic E-state index is 0.407. The highest BCUT2D eigenvalue weighted by Crippen LogP contribution is 2.34. The summed E-state index contributed by atoms with van der Waals surface area (Å²) in [5.74, 6) is 0.714. The van der Waals surface area contributed by atoms with Crippen LogP contribution in [0.4, 0.5) is 0 Å². The average molecular weight is 315 g/mol. The molecule has 0 bridgehead atoms. The molecular weight excluding hydrogens is 291 g/mol. The van der Waals surface area contributed by atoms with E-state index in [9.17, 15) is 0 Å². The van der Waals surface area contributed by atoms with Gasteiger partial charge in [-0.05, 0) is 36.5 Å². The first kappa shape index (κ1) is 16.1. The predicted molar refractivity (Wildman–Crippen MR) is 87.7 cm³/mol. The topological polar surface area (TPSA) is 15.3 Å². The maximum Gasteiger partial charge on any atom is 0.0468 e. The van der Waals surface area contributed by atoms with Gasteiger partial charge in [0.25, 0.3) is 0 Å². The molecule has 1 fully saturated rings. The zero-order valence-corrected chi connectivity index (χ0v) is 13.8. The van der Waals surface area contributed by atoms with Gasteiger partial charge < -0.3 is 5.32 Å². The highest BCUT2D eigenvalue weighted by Gasteiger charge is 2.24. The molecule has 1 aliphatic rings. The average Bonchev–Trinajstić information content (AvgIpc) is 2.42. The molecule has 1 aromatic rings. The van der Waals surface area contributed by atoms with Gasteiger partial charge in [0.2, 0.25) is 0 Å². The second-order valence-corrected chi connectivity index (χ2v) is 6.78. The van der Waals surface area contributed by atoms with Gasteiger partial charge in [-0.25, -0.2) is 0 Å². The molecule has 1 N–H and O–H groups in total. The van der Waals surface area contributed by atoms with Crippen molar-refractivity contribution in [1.29, 1.82) is 0 Å². The van der Waals surface area contributed by atoms with E-state index in [0.717, 1.165) is 37.6 Å². The Morgan fingerprint density at radius 3 is 2.45 bits per heavy atom. The molecule has 1 aliphatic heterocycles. The summed E-state index contributed by atoms with van der Waals surface area (Å²) < 4.78 is 0. The summed E-state index contributed by atoms with van der Waals surface area (Å²) in [7, 11) is 0. The fraction of sp³-hybridized carbons (Fsp3) is 0.625. The highest BCUT2D eigenvalue weighted by atomic mass is 35.5. The van der Waals surface area contributed by atoms with E-state index in [4.69, 9.17) is 23.2 Å². The Kier molecular flexibility index (Phi) is 6.16. The summed E-state index contributed by atoms with van der Waals surface area (Å²) in [4.78, 5) is 2.55. The number of rotatable bonds is 5. The van der Waals surface area contributed by atoms with Crippen LogP contribution < -0.4 is 5.32 Å². The Morgan fingerprint density at radius 2 is 1.85 bits per heavy atom. The van der Waals surface area contributed by atoms with Crippen molar-refractivity contribution in [3.8, 4) is 0 Å². The normalized spacial score (nSPS) is 18.4. The van der Waals surface area contributed by atoms with Crippen molar-refractivity contribution in [2.45, 2.75) is 32.7 Å². The molecule has 0 unspecified atom stereocenters. The fourth-order valence-corrected chi connectivity index (χ4v) is 3.33. The van der Waals surface area contributed by atoms with Crippen molar-refractivity contribution in [2.24, 2.45) is 5.92 Å². The van der Waals surface area contributed by atoms with Crippen LogP contribution >= 0.6 is 23.2 Å². The van der Waals surface area contributed by atoms with Gasteiger partial charge >= 0.3 is 0 Å². The summed E-state index contributed by atoms with van der Waals surface area (Å²) in [6.45, 7) is 8.84. The van der Waals surface area contributed by atoms with E-state index in [1.54, 1.807) is 0 Å². The number of hydrogen-bond donors (Lipinski definition) is 1. The Balaban J connectivity index is 2.19. The maximum atomic E-state index is 6.43. The molecule has 2 nitrogen and oxygen atoms in total. The molecule has 0 amide bonds. The van der Waals surface area contributed by atoms with Crippen molar-refractivity contribution in [1.82, 2.24) is 10.2 Å². The number of piperazine rings is 1. The third-order valence-corrected chi connectivity index (χ3v) is 4.49. The summed E-state index contributed by atoms with van der Waals surface area (Å²) in [6, 6.07) is 6.32. The largest absolute Gasteiger partial charge is 0.314 e. The number of nitrogens with zero attached hydrogens (tertiary/aromatic N) is 1. The second kappa shape index (κ2) is 7.65. The first-order valence-electron chi connectivity index (χ1n) is 7.47. The van der Waals surface area contributed by atoms with E-state index in [1.807, 2.05) is 12.1 Å². The van der Waals surface area contributed by atoms with Crippen molar-refractivity contribution in [2.75, 3.05) is 26.2 Å². The maximum absolute atomic E-state index is 6.43.